The molecule has 0 fully saturated rings. The van der Waals surface area contributed by atoms with E-state index >= 15 is 0 Å². The number of hydrogen-bond acceptors (Lipinski definition) is 0. The number of fused-ring (bicyclic) bond motifs is 1. The largest absolute Gasteiger partial charge is 0.0836 e. The minimum atomic E-state index is 0.504. The lowest BCUT2D eigenvalue weighted by Gasteiger charge is -2.20. The van der Waals surface area contributed by atoms with Crippen molar-refractivity contribution < 1.29 is 0 Å². The third kappa shape index (κ3) is 2.44. The summed E-state index contributed by atoms with van der Waals surface area (Å²) in [4.78, 5) is 0.504. The summed E-state index contributed by atoms with van der Waals surface area (Å²) in [5.41, 5.74) is 4.61. The van der Waals surface area contributed by atoms with Gasteiger partial charge in [0, 0.05) is 4.83 Å². The predicted molar refractivity (Wildman–Crippen MR) is 69.6 cm³/mol. The maximum atomic E-state index is 3.78. The Bertz CT molecular complexity index is 341. The second kappa shape index (κ2) is 4.69. The molecular weight excluding hydrogens is 248 g/mol. The van der Waals surface area contributed by atoms with E-state index in [0.717, 1.165) is 0 Å². The summed E-state index contributed by atoms with van der Waals surface area (Å²) in [6.07, 6.45) is 5.30. The van der Waals surface area contributed by atoms with Crippen LogP contribution >= 0.6 is 15.9 Å². The molecule has 0 aliphatic heterocycles. The maximum Gasteiger partial charge on any atom is 0.0418 e. The molecular formula is C14H19Br. The Morgan fingerprint density at radius 2 is 1.73 bits per heavy atom. The molecule has 0 saturated heterocycles. The average molecular weight is 267 g/mol. The smallest absolute Gasteiger partial charge is 0.0418 e. The molecule has 0 heterocycles. The van der Waals surface area contributed by atoms with Gasteiger partial charge >= 0.3 is 0 Å². The van der Waals surface area contributed by atoms with Gasteiger partial charge in [-0.15, -0.1) is 0 Å². The van der Waals surface area contributed by atoms with Gasteiger partial charge in [0.2, 0.25) is 0 Å². The van der Waals surface area contributed by atoms with Crippen molar-refractivity contribution in [2.24, 2.45) is 5.92 Å². The van der Waals surface area contributed by atoms with Crippen LogP contribution in [0.5, 0.6) is 0 Å². The Morgan fingerprint density at radius 3 is 2.40 bits per heavy atom. The molecule has 0 radical (unpaired) electrons. The van der Waals surface area contributed by atoms with Crippen LogP contribution < -0.4 is 0 Å². The van der Waals surface area contributed by atoms with Gasteiger partial charge in [0.1, 0.15) is 0 Å². The SMILES string of the molecule is CC(C)C(Br)c1ccc2c(c1)CCCC2. The van der Waals surface area contributed by atoms with Gasteiger partial charge in [-0.25, -0.2) is 0 Å². The zero-order valence-corrected chi connectivity index (χ0v) is 11.2. The third-order valence-corrected chi connectivity index (χ3v) is 4.86. The molecule has 0 bridgehead atoms. The van der Waals surface area contributed by atoms with E-state index in [-0.39, 0.29) is 0 Å². The van der Waals surface area contributed by atoms with E-state index in [1.54, 1.807) is 11.1 Å². The number of halogens is 1. The summed E-state index contributed by atoms with van der Waals surface area (Å²) in [7, 11) is 0. The molecule has 1 heteroatoms. The molecule has 1 aromatic carbocycles. The normalized spacial score (nSPS) is 17.6. The number of aryl methyl sites for hydroxylation is 2. The average Bonchev–Trinajstić information content (AvgIpc) is 2.27. The van der Waals surface area contributed by atoms with E-state index in [2.05, 4.69) is 48.0 Å². The summed E-state index contributed by atoms with van der Waals surface area (Å²) < 4.78 is 0. The van der Waals surface area contributed by atoms with Crippen molar-refractivity contribution in [1.29, 1.82) is 0 Å². The van der Waals surface area contributed by atoms with Gasteiger partial charge in [-0.05, 0) is 48.3 Å². The quantitative estimate of drug-likeness (QED) is 0.684. The number of hydrogen-bond donors (Lipinski definition) is 0. The second-order valence-electron chi connectivity index (χ2n) is 4.88. The first-order valence-corrected chi connectivity index (χ1v) is 6.86. The molecule has 1 aliphatic carbocycles. The molecule has 0 aromatic heterocycles. The van der Waals surface area contributed by atoms with Crippen LogP contribution in [0, 0.1) is 5.92 Å². The highest BCUT2D eigenvalue weighted by Crippen LogP contribution is 2.33. The third-order valence-electron chi connectivity index (χ3n) is 3.28. The fourth-order valence-corrected chi connectivity index (χ4v) is 2.59. The van der Waals surface area contributed by atoms with Crippen molar-refractivity contribution in [1.82, 2.24) is 0 Å². The summed E-state index contributed by atoms with van der Waals surface area (Å²) in [6, 6.07) is 7.04. The number of alkyl halides is 1. The number of rotatable bonds is 2. The first-order valence-electron chi connectivity index (χ1n) is 5.94. The van der Waals surface area contributed by atoms with Crippen molar-refractivity contribution in [3.05, 3.63) is 34.9 Å². The highest BCUT2D eigenvalue weighted by atomic mass is 79.9. The van der Waals surface area contributed by atoms with Gasteiger partial charge in [0.15, 0.2) is 0 Å². The van der Waals surface area contributed by atoms with Crippen molar-refractivity contribution in [2.75, 3.05) is 0 Å². The zero-order chi connectivity index (χ0) is 10.8. The Kier molecular flexibility index (Phi) is 3.50. The van der Waals surface area contributed by atoms with E-state index in [1.807, 2.05) is 0 Å². The fourth-order valence-electron chi connectivity index (χ4n) is 2.31. The molecule has 1 aliphatic rings. The van der Waals surface area contributed by atoms with Crippen molar-refractivity contribution in [3.8, 4) is 0 Å². The van der Waals surface area contributed by atoms with Crippen molar-refractivity contribution in [2.45, 2.75) is 44.4 Å². The Hall–Kier alpha value is -0.300. The molecule has 0 N–H and O–H groups in total. The molecule has 0 nitrogen and oxygen atoms in total. The van der Waals surface area contributed by atoms with Gasteiger partial charge in [-0.2, -0.15) is 0 Å². The predicted octanol–water partition coefficient (Wildman–Crippen LogP) is 4.66. The van der Waals surface area contributed by atoms with Crippen LogP contribution in [0.15, 0.2) is 18.2 Å². The molecule has 2 rings (SSSR count). The number of benzene rings is 1. The lowest BCUT2D eigenvalue weighted by atomic mass is 9.89. The minimum Gasteiger partial charge on any atom is -0.0836 e. The van der Waals surface area contributed by atoms with Crippen molar-refractivity contribution in [3.63, 3.8) is 0 Å². The molecule has 0 saturated carbocycles. The Balaban J connectivity index is 2.27. The van der Waals surface area contributed by atoms with Gasteiger partial charge in [0.05, 0.1) is 0 Å². The molecule has 1 unspecified atom stereocenters. The molecule has 0 spiro atoms. The van der Waals surface area contributed by atoms with Crippen LogP contribution in [0.4, 0.5) is 0 Å². The van der Waals surface area contributed by atoms with E-state index in [9.17, 15) is 0 Å². The van der Waals surface area contributed by atoms with Crippen LogP contribution in [0.1, 0.15) is 48.2 Å². The van der Waals surface area contributed by atoms with Crippen LogP contribution in [-0.4, -0.2) is 0 Å². The van der Waals surface area contributed by atoms with E-state index in [1.165, 1.54) is 31.2 Å². The van der Waals surface area contributed by atoms with Crippen LogP contribution in [0.2, 0.25) is 0 Å². The summed E-state index contributed by atoms with van der Waals surface area (Å²) in [6.45, 7) is 4.53. The first kappa shape index (κ1) is 11.2. The maximum absolute atomic E-state index is 3.78. The molecule has 1 atom stereocenters. The summed E-state index contributed by atoms with van der Waals surface area (Å²) >= 11 is 3.78. The second-order valence-corrected chi connectivity index (χ2v) is 5.87. The zero-order valence-electron chi connectivity index (χ0n) is 9.59. The van der Waals surface area contributed by atoms with Gasteiger partial charge in [0.25, 0.3) is 0 Å². The van der Waals surface area contributed by atoms with Crippen LogP contribution in [-0.2, 0) is 12.8 Å². The lowest BCUT2D eigenvalue weighted by Crippen LogP contribution is -2.05. The molecule has 0 amide bonds. The standard InChI is InChI=1S/C14H19Br/c1-10(2)14(15)13-8-7-11-5-3-4-6-12(11)9-13/h7-10,14H,3-6H2,1-2H3. The fraction of sp³-hybridized carbons (Fsp3) is 0.571. The summed E-state index contributed by atoms with van der Waals surface area (Å²) in [5, 5.41) is 0. The first-order chi connectivity index (χ1) is 7.18. The van der Waals surface area contributed by atoms with Crippen LogP contribution in [0.3, 0.4) is 0 Å². The van der Waals surface area contributed by atoms with Crippen LogP contribution in [0.25, 0.3) is 0 Å². The topological polar surface area (TPSA) is 0 Å². The van der Waals surface area contributed by atoms with E-state index in [0.29, 0.717) is 10.7 Å². The molecule has 1 aromatic rings. The lowest BCUT2D eigenvalue weighted by molar-refractivity contribution is 0.636. The molecule has 82 valence electrons. The minimum absolute atomic E-state index is 0.504. The highest BCUT2D eigenvalue weighted by molar-refractivity contribution is 9.09. The Morgan fingerprint density at radius 1 is 1.07 bits per heavy atom. The highest BCUT2D eigenvalue weighted by Gasteiger charge is 2.15. The van der Waals surface area contributed by atoms with Gasteiger partial charge in [-0.1, -0.05) is 48.0 Å². The van der Waals surface area contributed by atoms with Crippen molar-refractivity contribution >= 4 is 15.9 Å². The summed E-state index contributed by atoms with van der Waals surface area (Å²) in [5.74, 6) is 0.659. The van der Waals surface area contributed by atoms with E-state index in [4.69, 9.17) is 0 Å². The van der Waals surface area contributed by atoms with Gasteiger partial charge in [-0.3, -0.25) is 0 Å². The Labute approximate surface area is 101 Å². The monoisotopic (exact) mass is 266 g/mol. The van der Waals surface area contributed by atoms with Gasteiger partial charge < -0.3 is 0 Å². The van der Waals surface area contributed by atoms with E-state index < -0.39 is 0 Å². The molecule has 15 heavy (non-hydrogen) atoms.